The fourth-order valence-corrected chi connectivity index (χ4v) is 5.21. The van der Waals surface area contributed by atoms with Crippen molar-refractivity contribution in [3.8, 4) is 5.75 Å². The van der Waals surface area contributed by atoms with Crippen LogP contribution in [-0.4, -0.2) is 31.8 Å². The Morgan fingerprint density at radius 1 is 0.931 bits per heavy atom. The number of rotatable bonds is 4. The van der Waals surface area contributed by atoms with Crippen molar-refractivity contribution in [1.82, 2.24) is 4.31 Å². The molecule has 0 radical (unpaired) electrons. The van der Waals surface area contributed by atoms with E-state index in [-0.39, 0.29) is 29.9 Å². The Bertz CT molecular complexity index is 1150. The highest BCUT2D eigenvalue weighted by Gasteiger charge is 2.33. The molecule has 1 heterocycles. The Morgan fingerprint density at radius 2 is 1.59 bits per heavy atom. The number of halogens is 1. The number of benzene rings is 3. The van der Waals surface area contributed by atoms with Crippen LogP contribution >= 0.6 is 11.6 Å². The second kappa shape index (κ2) is 8.14. The number of hydrogen-bond donors (Lipinski definition) is 0. The lowest BCUT2D eigenvalue weighted by molar-refractivity contribution is -0.140. The van der Waals surface area contributed by atoms with E-state index < -0.39 is 10.0 Å². The Kier molecular flexibility index (Phi) is 5.58. The Hall–Kier alpha value is -2.41. The Balaban J connectivity index is 1.44. The zero-order valence-corrected chi connectivity index (χ0v) is 17.2. The van der Waals surface area contributed by atoms with Gasteiger partial charge >= 0.3 is 5.97 Å². The number of fused-ring (bicyclic) bond motifs is 1. The molecule has 0 amide bonds. The first-order valence-electron chi connectivity index (χ1n) is 9.40. The molecule has 150 valence electrons. The number of ether oxygens (including phenoxy) is 1. The molecule has 0 unspecified atom stereocenters. The summed E-state index contributed by atoms with van der Waals surface area (Å²) in [6, 6.07) is 19.6. The maximum Gasteiger partial charge on any atom is 0.314 e. The normalized spacial score (nSPS) is 16.0. The Morgan fingerprint density at radius 3 is 2.31 bits per heavy atom. The van der Waals surface area contributed by atoms with Crippen LogP contribution in [0.2, 0.25) is 5.02 Å². The van der Waals surface area contributed by atoms with Gasteiger partial charge in [-0.3, -0.25) is 4.79 Å². The van der Waals surface area contributed by atoms with Gasteiger partial charge in [0.2, 0.25) is 10.0 Å². The number of para-hydroxylation sites is 1. The average molecular weight is 430 g/mol. The van der Waals surface area contributed by atoms with E-state index in [4.69, 9.17) is 16.3 Å². The predicted molar refractivity (Wildman–Crippen MR) is 113 cm³/mol. The maximum atomic E-state index is 13.0. The monoisotopic (exact) mass is 429 g/mol. The van der Waals surface area contributed by atoms with Gasteiger partial charge in [0, 0.05) is 13.1 Å². The second-order valence-corrected chi connectivity index (χ2v) is 9.38. The predicted octanol–water partition coefficient (Wildman–Crippen LogP) is 4.50. The molecule has 0 atom stereocenters. The zero-order valence-electron chi connectivity index (χ0n) is 15.6. The molecule has 4 rings (SSSR count). The molecule has 1 fully saturated rings. The molecule has 0 saturated carbocycles. The quantitative estimate of drug-likeness (QED) is 0.452. The van der Waals surface area contributed by atoms with Crippen molar-refractivity contribution in [3.63, 3.8) is 0 Å². The summed E-state index contributed by atoms with van der Waals surface area (Å²) in [5.41, 5.74) is 0. The van der Waals surface area contributed by atoms with Gasteiger partial charge in [-0.1, -0.05) is 54.1 Å². The summed E-state index contributed by atoms with van der Waals surface area (Å²) in [4.78, 5) is 12.7. The number of sulfonamides is 1. The molecule has 5 nitrogen and oxygen atoms in total. The first kappa shape index (κ1) is 19.9. The van der Waals surface area contributed by atoms with Gasteiger partial charge < -0.3 is 4.74 Å². The van der Waals surface area contributed by atoms with Crippen molar-refractivity contribution in [2.45, 2.75) is 17.7 Å². The number of piperidine rings is 1. The van der Waals surface area contributed by atoms with Gasteiger partial charge in [0.05, 0.1) is 15.8 Å². The molecule has 3 aromatic rings. The summed E-state index contributed by atoms with van der Waals surface area (Å²) in [6.07, 6.45) is 0.826. The van der Waals surface area contributed by atoms with Crippen LogP contribution in [0.5, 0.6) is 5.75 Å². The van der Waals surface area contributed by atoms with Crippen LogP contribution < -0.4 is 4.74 Å². The minimum absolute atomic E-state index is 0.272. The number of carbonyl (C=O) groups excluding carboxylic acids is 1. The minimum atomic E-state index is -3.61. The number of nitrogens with zero attached hydrogens (tertiary/aromatic N) is 1. The van der Waals surface area contributed by atoms with Gasteiger partial charge in [-0.25, -0.2) is 8.42 Å². The molecule has 3 aromatic carbocycles. The van der Waals surface area contributed by atoms with Crippen molar-refractivity contribution in [2.24, 2.45) is 5.92 Å². The van der Waals surface area contributed by atoms with E-state index >= 15 is 0 Å². The molecule has 1 saturated heterocycles. The van der Waals surface area contributed by atoms with Crippen molar-refractivity contribution >= 4 is 38.4 Å². The standard InChI is InChI=1S/C22H20ClNO4S/c23-20-7-3-4-8-21(20)28-22(25)17-11-13-24(14-12-17)29(26,27)19-10-9-16-5-1-2-6-18(16)15-19/h1-10,15,17H,11-14H2. The van der Waals surface area contributed by atoms with E-state index in [1.54, 1.807) is 36.4 Å². The van der Waals surface area contributed by atoms with E-state index in [0.29, 0.717) is 23.6 Å². The number of hydrogen-bond acceptors (Lipinski definition) is 4. The van der Waals surface area contributed by atoms with E-state index in [1.165, 1.54) is 4.31 Å². The molecule has 0 N–H and O–H groups in total. The molecule has 1 aliphatic heterocycles. The lowest BCUT2D eigenvalue weighted by atomic mass is 9.98. The lowest BCUT2D eigenvalue weighted by Gasteiger charge is -2.30. The fourth-order valence-electron chi connectivity index (χ4n) is 3.53. The highest BCUT2D eigenvalue weighted by molar-refractivity contribution is 7.89. The van der Waals surface area contributed by atoms with Crippen molar-refractivity contribution in [3.05, 3.63) is 71.8 Å². The highest BCUT2D eigenvalue weighted by Crippen LogP contribution is 2.29. The van der Waals surface area contributed by atoms with Gasteiger partial charge in [-0.15, -0.1) is 0 Å². The van der Waals surface area contributed by atoms with E-state index in [1.807, 2.05) is 30.3 Å². The summed E-state index contributed by atoms with van der Waals surface area (Å²) in [5, 5.41) is 2.25. The third-order valence-corrected chi connectivity index (χ3v) is 7.40. The topological polar surface area (TPSA) is 63.7 Å². The van der Waals surface area contributed by atoms with Crippen LogP contribution in [0.3, 0.4) is 0 Å². The molecule has 0 aromatic heterocycles. The lowest BCUT2D eigenvalue weighted by Crippen LogP contribution is -2.41. The summed E-state index contributed by atoms with van der Waals surface area (Å²) in [7, 11) is -3.61. The van der Waals surface area contributed by atoms with Gasteiger partial charge in [-0.2, -0.15) is 4.31 Å². The van der Waals surface area contributed by atoms with Gasteiger partial charge in [0.1, 0.15) is 5.75 Å². The summed E-state index contributed by atoms with van der Waals surface area (Å²) in [6.45, 7) is 0.550. The van der Waals surface area contributed by atoms with Crippen LogP contribution in [0, 0.1) is 5.92 Å². The SMILES string of the molecule is O=C(Oc1ccccc1Cl)C1CCN(S(=O)(=O)c2ccc3ccccc3c2)CC1. The molecule has 7 heteroatoms. The van der Waals surface area contributed by atoms with Crippen molar-refractivity contribution in [1.29, 1.82) is 0 Å². The maximum absolute atomic E-state index is 13.0. The smallest absolute Gasteiger partial charge is 0.314 e. The van der Waals surface area contributed by atoms with Crippen LogP contribution in [0.15, 0.2) is 71.6 Å². The van der Waals surface area contributed by atoms with Crippen molar-refractivity contribution < 1.29 is 17.9 Å². The summed E-state index contributed by atoms with van der Waals surface area (Å²) < 4.78 is 32.9. The summed E-state index contributed by atoms with van der Waals surface area (Å²) >= 11 is 6.03. The molecule has 1 aliphatic rings. The minimum Gasteiger partial charge on any atom is -0.425 e. The van der Waals surface area contributed by atoms with Crippen LogP contribution in [-0.2, 0) is 14.8 Å². The van der Waals surface area contributed by atoms with E-state index in [2.05, 4.69) is 0 Å². The van der Waals surface area contributed by atoms with Gasteiger partial charge in [-0.05, 0) is 47.9 Å². The molecule has 0 bridgehead atoms. The first-order valence-corrected chi connectivity index (χ1v) is 11.2. The molecule has 0 aliphatic carbocycles. The van der Waals surface area contributed by atoms with Crippen LogP contribution in [0.1, 0.15) is 12.8 Å². The third-order valence-electron chi connectivity index (χ3n) is 5.19. The average Bonchev–Trinajstić information content (AvgIpc) is 2.75. The Labute approximate surface area is 174 Å². The molecular weight excluding hydrogens is 410 g/mol. The van der Waals surface area contributed by atoms with E-state index in [9.17, 15) is 13.2 Å². The first-order chi connectivity index (χ1) is 13.9. The zero-order chi connectivity index (χ0) is 20.4. The third kappa shape index (κ3) is 4.15. The van der Waals surface area contributed by atoms with Crippen LogP contribution in [0.4, 0.5) is 0 Å². The molecular formula is C22H20ClNO4S. The second-order valence-electron chi connectivity index (χ2n) is 7.04. The van der Waals surface area contributed by atoms with E-state index in [0.717, 1.165) is 10.8 Å². The molecule has 0 spiro atoms. The number of esters is 1. The van der Waals surface area contributed by atoms with Gasteiger partial charge in [0.25, 0.3) is 0 Å². The fraction of sp³-hybridized carbons (Fsp3) is 0.227. The summed E-state index contributed by atoms with van der Waals surface area (Å²) in [5.74, 6) is -0.402. The number of carbonyl (C=O) groups is 1. The van der Waals surface area contributed by atoms with Crippen molar-refractivity contribution in [2.75, 3.05) is 13.1 Å². The largest absolute Gasteiger partial charge is 0.425 e. The highest BCUT2D eigenvalue weighted by atomic mass is 35.5. The molecule has 29 heavy (non-hydrogen) atoms. The van der Waals surface area contributed by atoms with Gasteiger partial charge in [0.15, 0.2) is 0 Å². The van der Waals surface area contributed by atoms with Crippen LogP contribution in [0.25, 0.3) is 10.8 Å².